The first-order valence-corrected chi connectivity index (χ1v) is 8.19. The molecule has 1 aliphatic heterocycles. The van der Waals surface area contributed by atoms with Gasteiger partial charge in [-0.05, 0) is 23.3 Å². The van der Waals surface area contributed by atoms with Crippen molar-refractivity contribution in [2.24, 2.45) is 0 Å². The van der Waals surface area contributed by atoms with Gasteiger partial charge in [-0.25, -0.2) is 4.39 Å². The van der Waals surface area contributed by atoms with Crippen LogP contribution in [0.5, 0.6) is 5.75 Å². The Bertz CT molecular complexity index is 668. The van der Waals surface area contributed by atoms with E-state index in [0.29, 0.717) is 5.75 Å². The lowest BCUT2D eigenvalue weighted by Crippen LogP contribution is -2.46. The molecule has 0 aromatic heterocycles. The van der Waals surface area contributed by atoms with Crippen LogP contribution in [-0.2, 0) is 13.2 Å². The van der Waals surface area contributed by atoms with Crippen molar-refractivity contribution in [1.82, 2.24) is 4.90 Å². The molecule has 0 bridgehead atoms. The molecule has 2 aromatic carbocycles. The average Bonchev–Trinajstić information content (AvgIpc) is 2.63. The lowest BCUT2D eigenvalue weighted by atomic mass is 10.1. The number of anilines is 1. The number of piperazine rings is 1. The van der Waals surface area contributed by atoms with Crippen LogP contribution in [0.3, 0.4) is 0 Å². The molecule has 1 fully saturated rings. The highest BCUT2D eigenvalue weighted by molar-refractivity contribution is 5.59. The third-order valence-corrected chi connectivity index (χ3v) is 4.47. The fourth-order valence-corrected chi connectivity index (χ4v) is 3.07. The molecular weight excluding hydrogens is 307 g/mol. The molecule has 5 heteroatoms. The molecule has 0 amide bonds. The van der Waals surface area contributed by atoms with Gasteiger partial charge in [-0.2, -0.15) is 0 Å². The molecule has 2 aromatic rings. The summed E-state index contributed by atoms with van der Waals surface area (Å²) < 4.78 is 18.6. The number of hydrogen-bond donors (Lipinski definition) is 1. The highest BCUT2D eigenvalue weighted by Gasteiger charge is 2.20. The van der Waals surface area contributed by atoms with E-state index < -0.39 is 0 Å². The summed E-state index contributed by atoms with van der Waals surface area (Å²) in [6, 6.07) is 12.8. The van der Waals surface area contributed by atoms with E-state index in [1.54, 1.807) is 13.2 Å². The normalized spacial score (nSPS) is 15.5. The van der Waals surface area contributed by atoms with Gasteiger partial charge in [-0.1, -0.05) is 24.3 Å². The van der Waals surface area contributed by atoms with Gasteiger partial charge in [0.1, 0.15) is 11.6 Å². The molecule has 4 nitrogen and oxygen atoms in total. The number of hydrogen-bond acceptors (Lipinski definition) is 4. The number of methoxy groups -OCH3 is 1. The third kappa shape index (κ3) is 3.86. The number of nitrogens with zero attached hydrogens (tertiary/aromatic N) is 2. The molecule has 1 heterocycles. The Hall–Kier alpha value is -2.11. The zero-order valence-electron chi connectivity index (χ0n) is 13.9. The zero-order valence-corrected chi connectivity index (χ0v) is 13.9. The minimum absolute atomic E-state index is 0.0818. The fraction of sp³-hybridized carbons (Fsp3) is 0.368. The monoisotopic (exact) mass is 330 g/mol. The number of aliphatic hydroxyl groups excluding tert-OH is 1. The van der Waals surface area contributed by atoms with Gasteiger partial charge in [-0.15, -0.1) is 0 Å². The van der Waals surface area contributed by atoms with Gasteiger partial charge in [-0.3, -0.25) is 4.90 Å². The molecule has 0 radical (unpaired) electrons. The van der Waals surface area contributed by atoms with Gasteiger partial charge < -0.3 is 14.7 Å². The van der Waals surface area contributed by atoms with E-state index in [4.69, 9.17) is 9.84 Å². The SMILES string of the molecule is COc1cc(F)ccc1N1CCN(Cc2ccc(CO)cc2)CC1. The van der Waals surface area contributed by atoms with E-state index in [2.05, 4.69) is 21.9 Å². The van der Waals surface area contributed by atoms with E-state index in [1.807, 2.05) is 12.1 Å². The summed E-state index contributed by atoms with van der Waals surface area (Å²) in [5.41, 5.74) is 3.14. The predicted molar refractivity (Wildman–Crippen MR) is 92.8 cm³/mol. The lowest BCUT2D eigenvalue weighted by Gasteiger charge is -2.36. The molecule has 1 N–H and O–H groups in total. The van der Waals surface area contributed by atoms with Crippen molar-refractivity contribution in [3.63, 3.8) is 0 Å². The summed E-state index contributed by atoms with van der Waals surface area (Å²) in [6.45, 7) is 4.65. The molecule has 0 saturated carbocycles. The molecule has 128 valence electrons. The molecule has 0 aliphatic carbocycles. The van der Waals surface area contributed by atoms with Crippen LogP contribution in [-0.4, -0.2) is 43.3 Å². The van der Waals surface area contributed by atoms with Gasteiger partial charge >= 0.3 is 0 Å². The molecule has 0 atom stereocenters. The first-order chi connectivity index (χ1) is 11.7. The average molecular weight is 330 g/mol. The molecular formula is C19H23FN2O2. The Morgan fingerprint density at radius 1 is 1.00 bits per heavy atom. The summed E-state index contributed by atoms with van der Waals surface area (Å²) in [6.07, 6.45) is 0. The number of halogens is 1. The Morgan fingerprint density at radius 2 is 1.67 bits per heavy atom. The second-order valence-electron chi connectivity index (χ2n) is 6.05. The van der Waals surface area contributed by atoms with Crippen molar-refractivity contribution in [3.05, 3.63) is 59.4 Å². The summed E-state index contributed by atoms with van der Waals surface area (Å²) in [7, 11) is 1.57. The Balaban J connectivity index is 1.59. The van der Waals surface area contributed by atoms with Gasteiger partial charge in [0.25, 0.3) is 0 Å². The molecule has 1 saturated heterocycles. The molecule has 0 unspecified atom stereocenters. The zero-order chi connectivity index (χ0) is 16.9. The van der Waals surface area contributed by atoms with Crippen LogP contribution >= 0.6 is 0 Å². The highest BCUT2D eigenvalue weighted by Crippen LogP contribution is 2.29. The van der Waals surface area contributed by atoms with Gasteiger partial charge in [0.15, 0.2) is 0 Å². The third-order valence-electron chi connectivity index (χ3n) is 4.47. The van der Waals surface area contributed by atoms with Crippen molar-refractivity contribution in [1.29, 1.82) is 0 Å². The van der Waals surface area contributed by atoms with Gasteiger partial charge in [0.05, 0.1) is 19.4 Å². The van der Waals surface area contributed by atoms with E-state index in [-0.39, 0.29) is 12.4 Å². The van der Waals surface area contributed by atoms with Crippen molar-refractivity contribution >= 4 is 5.69 Å². The van der Waals surface area contributed by atoms with Crippen LogP contribution in [0, 0.1) is 5.82 Å². The van der Waals surface area contributed by atoms with E-state index >= 15 is 0 Å². The van der Waals surface area contributed by atoms with Crippen molar-refractivity contribution in [2.45, 2.75) is 13.2 Å². The number of benzene rings is 2. The standard InChI is InChI=1S/C19H23FN2O2/c1-24-19-12-17(20)6-7-18(19)22-10-8-21(9-11-22)13-15-2-4-16(14-23)5-3-15/h2-7,12,23H,8-11,13-14H2,1H3. The fourth-order valence-electron chi connectivity index (χ4n) is 3.07. The largest absolute Gasteiger partial charge is 0.494 e. The minimum Gasteiger partial charge on any atom is -0.494 e. The summed E-state index contributed by atoms with van der Waals surface area (Å²) in [5, 5.41) is 9.10. The Kier molecular flexibility index (Phi) is 5.33. The van der Waals surface area contributed by atoms with E-state index in [0.717, 1.165) is 44.0 Å². The second kappa shape index (κ2) is 7.64. The van der Waals surface area contributed by atoms with E-state index in [9.17, 15) is 4.39 Å². The summed E-state index contributed by atoms with van der Waals surface area (Å²) in [5.74, 6) is 0.309. The molecule has 24 heavy (non-hydrogen) atoms. The van der Waals surface area contributed by atoms with Crippen molar-refractivity contribution in [3.8, 4) is 5.75 Å². The van der Waals surface area contributed by atoms with Crippen LogP contribution in [0.25, 0.3) is 0 Å². The Morgan fingerprint density at radius 3 is 2.29 bits per heavy atom. The van der Waals surface area contributed by atoms with Gasteiger partial charge in [0.2, 0.25) is 0 Å². The van der Waals surface area contributed by atoms with Crippen LogP contribution in [0.4, 0.5) is 10.1 Å². The molecule has 0 spiro atoms. The maximum atomic E-state index is 13.3. The summed E-state index contributed by atoms with van der Waals surface area (Å²) in [4.78, 5) is 4.64. The van der Waals surface area contributed by atoms with Crippen LogP contribution in [0.2, 0.25) is 0 Å². The van der Waals surface area contributed by atoms with Crippen LogP contribution in [0.1, 0.15) is 11.1 Å². The first kappa shape index (κ1) is 16.7. The topological polar surface area (TPSA) is 35.9 Å². The first-order valence-electron chi connectivity index (χ1n) is 8.19. The van der Waals surface area contributed by atoms with Crippen molar-refractivity contribution < 1.29 is 14.2 Å². The van der Waals surface area contributed by atoms with E-state index in [1.165, 1.54) is 17.7 Å². The highest BCUT2D eigenvalue weighted by atomic mass is 19.1. The quantitative estimate of drug-likeness (QED) is 0.914. The van der Waals surface area contributed by atoms with Crippen LogP contribution in [0.15, 0.2) is 42.5 Å². The number of rotatable bonds is 5. The molecule has 1 aliphatic rings. The Labute approximate surface area is 142 Å². The minimum atomic E-state index is -0.277. The summed E-state index contributed by atoms with van der Waals surface area (Å²) >= 11 is 0. The van der Waals surface area contributed by atoms with Crippen LogP contribution < -0.4 is 9.64 Å². The maximum absolute atomic E-state index is 13.3. The molecule has 3 rings (SSSR count). The lowest BCUT2D eigenvalue weighted by molar-refractivity contribution is 0.249. The number of aliphatic hydroxyl groups is 1. The second-order valence-corrected chi connectivity index (χ2v) is 6.05. The van der Waals surface area contributed by atoms with Crippen molar-refractivity contribution in [2.75, 3.05) is 38.2 Å². The number of ether oxygens (including phenoxy) is 1. The van der Waals surface area contributed by atoms with Gasteiger partial charge in [0, 0.05) is 38.8 Å². The maximum Gasteiger partial charge on any atom is 0.145 e. The predicted octanol–water partition coefficient (Wildman–Crippen LogP) is 2.65. The smallest absolute Gasteiger partial charge is 0.145 e.